The van der Waals surface area contributed by atoms with Crippen molar-refractivity contribution in [3.63, 3.8) is 0 Å². The van der Waals surface area contributed by atoms with Gasteiger partial charge in [0.25, 0.3) is 0 Å². The lowest BCUT2D eigenvalue weighted by Gasteiger charge is -2.10. The van der Waals surface area contributed by atoms with E-state index in [9.17, 15) is 9.59 Å². The van der Waals surface area contributed by atoms with E-state index in [1.54, 1.807) is 13.0 Å². The molecule has 0 amide bonds. The van der Waals surface area contributed by atoms with Crippen LogP contribution in [0.4, 0.5) is 0 Å². The number of benzene rings is 1. The highest BCUT2D eigenvalue weighted by molar-refractivity contribution is 6.35. The van der Waals surface area contributed by atoms with Crippen LogP contribution in [0.5, 0.6) is 5.75 Å². The van der Waals surface area contributed by atoms with Gasteiger partial charge in [0.15, 0.2) is 12.1 Å². The Morgan fingerprint density at radius 3 is 2.67 bits per heavy atom. The smallest absolute Gasteiger partial charge is 0.163 e. The summed E-state index contributed by atoms with van der Waals surface area (Å²) in [5.74, 6) is 0.147. The maximum atomic E-state index is 11.3. The summed E-state index contributed by atoms with van der Waals surface area (Å²) >= 11 is 5.93. The van der Waals surface area contributed by atoms with Crippen LogP contribution in [0, 0.1) is 0 Å². The SMILES string of the molecule is CCOc1c(C(C)=O)ccc(C=O)c1Cl. The van der Waals surface area contributed by atoms with Gasteiger partial charge in [0.1, 0.15) is 5.75 Å². The van der Waals surface area contributed by atoms with Crippen molar-refractivity contribution in [1.82, 2.24) is 0 Å². The number of hydrogen-bond acceptors (Lipinski definition) is 3. The zero-order valence-electron chi connectivity index (χ0n) is 8.54. The number of rotatable bonds is 4. The highest BCUT2D eigenvalue weighted by atomic mass is 35.5. The van der Waals surface area contributed by atoms with Crippen LogP contribution in [0.2, 0.25) is 5.02 Å². The van der Waals surface area contributed by atoms with Crippen LogP contribution in [-0.2, 0) is 0 Å². The number of aldehydes is 1. The Morgan fingerprint density at radius 2 is 2.20 bits per heavy atom. The average molecular weight is 227 g/mol. The Hall–Kier alpha value is -1.35. The Morgan fingerprint density at radius 1 is 1.53 bits per heavy atom. The van der Waals surface area contributed by atoms with Crippen LogP contribution in [-0.4, -0.2) is 18.7 Å². The summed E-state index contributed by atoms with van der Waals surface area (Å²) in [4.78, 5) is 21.9. The summed E-state index contributed by atoms with van der Waals surface area (Å²) in [6.45, 7) is 3.60. The second-order valence-corrected chi connectivity index (χ2v) is 3.33. The fourth-order valence-corrected chi connectivity index (χ4v) is 1.49. The normalized spacial score (nSPS) is 9.80. The third-order valence-electron chi connectivity index (χ3n) is 1.92. The molecule has 0 N–H and O–H groups in total. The molecule has 0 heterocycles. The van der Waals surface area contributed by atoms with Crippen molar-refractivity contribution >= 4 is 23.7 Å². The first-order valence-corrected chi connectivity index (χ1v) is 4.91. The molecule has 1 rings (SSSR count). The number of ether oxygens (including phenoxy) is 1. The van der Waals surface area contributed by atoms with Gasteiger partial charge in [-0.3, -0.25) is 9.59 Å². The number of hydrogen-bond donors (Lipinski definition) is 0. The Balaban J connectivity index is 3.36. The van der Waals surface area contributed by atoms with E-state index in [4.69, 9.17) is 16.3 Å². The van der Waals surface area contributed by atoms with Crippen molar-refractivity contribution in [2.24, 2.45) is 0 Å². The lowest BCUT2D eigenvalue weighted by molar-refractivity contribution is 0.101. The Labute approximate surface area is 93.0 Å². The van der Waals surface area contributed by atoms with Crippen LogP contribution in [0.25, 0.3) is 0 Å². The molecule has 1 aromatic carbocycles. The van der Waals surface area contributed by atoms with Crippen LogP contribution < -0.4 is 4.74 Å². The summed E-state index contributed by atoms with van der Waals surface area (Å²) in [5, 5.41) is 0.194. The highest BCUT2D eigenvalue weighted by Crippen LogP contribution is 2.31. The summed E-state index contributed by atoms with van der Waals surface area (Å²) in [7, 11) is 0. The summed E-state index contributed by atoms with van der Waals surface area (Å²) in [6, 6.07) is 3.05. The molecule has 4 heteroatoms. The van der Waals surface area contributed by atoms with E-state index in [1.165, 1.54) is 13.0 Å². The van der Waals surface area contributed by atoms with Gasteiger partial charge in [-0.2, -0.15) is 0 Å². The first kappa shape index (κ1) is 11.7. The molecule has 0 radical (unpaired) electrons. The number of carbonyl (C=O) groups excluding carboxylic acids is 2. The Kier molecular flexibility index (Phi) is 3.86. The lowest BCUT2D eigenvalue weighted by atomic mass is 10.1. The first-order valence-electron chi connectivity index (χ1n) is 4.53. The van der Waals surface area contributed by atoms with E-state index in [-0.39, 0.29) is 16.6 Å². The van der Waals surface area contributed by atoms with Crippen molar-refractivity contribution in [2.45, 2.75) is 13.8 Å². The van der Waals surface area contributed by atoms with Crippen LogP contribution in [0.15, 0.2) is 12.1 Å². The molecule has 0 aliphatic carbocycles. The van der Waals surface area contributed by atoms with Crippen LogP contribution >= 0.6 is 11.6 Å². The van der Waals surface area contributed by atoms with Gasteiger partial charge in [-0.1, -0.05) is 11.6 Å². The molecule has 0 aromatic heterocycles. The monoisotopic (exact) mass is 226 g/mol. The van der Waals surface area contributed by atoms with Crippen LogP contribution in [0.1, 0.15) is 34.6 Å². The van der Waals surface area contributed by atoms with E-state index < -0.39 is 0 Å². The summed E-state index contributed by atoms with van der Waals surface area (Å²) in [6.07, 6.45) is 0.634. The summed E-state index contributed by atoms with van der Waals surface area (Å²) in [5.41, 5.74) is 0.720. The molecule has 0 aliphatic rings. The minimum absolute atomic E-state index is 0.141. The minimum Gasteiger partial charge on any atom is -0.492 e. The molecule has 0 unspecified atom stereocenters. The molecule has 1 aromatic rings. The van der Waals surface area contributed by atoms with Gasteiger partial charge >= 0.3 is 0 Å². The minimum atomic E-state index is -0.141. The molecular weight excluding hydrogens is 216 g/mol. The first-order chi connectivity index (χ1) is 7.11. The molecule has 15 heavy (non-hydrogen) atoms. The van der Waals surface area contributed by atoms with Gasteiger partial charge in [0.05, 0.1) is 17.2 Å². The van der Waals surface area contributed by atoms with E-state index in [0.717, 1.165) is 0 Å². The Bertz CT molecular complexity index is 399. The van der Waals surface area contributed by atoms with Crippen molar-refractivity contribution in [1.29, 1.82) is 0 Å². The predicted molar refractivity (Wildman–Crippen MR) is 58.0 cm³/mol. The summed E-state index contributed by atoms with van der Waals surface area (Å²) < 4.78 is 5.26. The number of halogens is 1. The van der Waals surface area contributed by atoms with Crippen molar-refractivity contribution in [3.05, 3.63) is 28.3 Å². The van der Waals surface area contributed by atoms with E-state index in [0.29, 0.717) is 24.0 Å². The van der Waals surface area contributed by atoms with E-state index >= 15 is 0 Å². The van der Waals surface area contributed by atoms with Crippen molar-refractivity contribution < 1.29 is 14.3 Å². The quantitative estimate of drug-likeness (QED) is 0.586. The molecule has 0 bridgehead atoms. The molecule has 80 valence electrons. The number of ketones is 1. The van der Waals surface area contributed by atoms with Crippen LogP contribution in [0.3, 0.4) is 0 Å². The maximum absolute atomic E-state index is 11.3. The molecule has 0 fully saturated rings. The van der Waals surface area contributed by atoms with Gasteiger partial charge in [-0.25, -0.2) is 0 Å². The van der Waals surface area contributed by atoms with Gasteiger partial charge in [-0.15, -0.1) is 0 Å². The average Bonchev–Trinajstić information content (AvgIpc) is 2.20. The fourth-order valence-electron chi connectivity index (χ4n) is 1.22. The molecule has 0 aliphatic heterocycles. The van der Waals surface area contributed by atoms with Gasteiger partial charge in [0.2, 0.25) is 0 Å². The largest absolute Gasteiger partial charge is 0.492 e. The third kappa shape index (κ3) is 2.36. The second kappa shape index (κ2) is 4.94. The fraction of sp³-hybridized carbons (Fsp3) is 0.273. The van der Waals surface area contributed by atoms with E-state index in [1.807, 2.05) is 0 Å². The lowest BCUT2D eigenvalue weighted by Crippen LogP contribution is -2.02. The maximum Gasteiger partial charge on any atom is 0.163 e. The molecular formula is C11H11ClO3. The molecule has 0 spiro atoms. The van der Waals surface area contributed by atoms with E-state index in [2.05, 4.69) is 0 Å². The zero-order valence-corrected chi connectivity index (χ0v) is 9.30. The standard InChI is InChI=1S/C11H11ClO3/c1-3-15-11-9(7(2)14)5-4-8(6-13)10(11)12/h4-6H,3H2,1-2H3. The topological polar surface area (TPSA) is 43.4 Å². The molecule has 0 saturated carbocycles. The number of Topliss-reactive ketones (excluding diaryl/α,β-unsaturated/α-hetero) is 1. The van der Waals surface area contributed by atoms with Crippen molar-refractivity contribution in [3.8, 4) is 5.75 Å². The number of carbonyl (C=O) groups is 2. The second-order valence-electron chi connectivity index (χ2n) is 2.95. The molecule has 0 atom stereocenters. The van der Waals surface area contributed by atoms with Gasteiger partial charge in [-0.05, 0) is 26.0 Å². The molecule has 3 nitrogen and oxygen atoms in total. The zero-order chi connectivity index (χ0) is 11.4. The molecule has 0 saturated heterocycles. The van der Waals surface area contributed by atoms with Gasteiger partial charge in [0, 0.05) is 5.56 Å². The van der Waals surface area contributed by atoms with Gasteiger partial charge < -0.3 is 4.74 Å². The third-order valence-corrected chi connectivity index (χ3v) is 2.31. The predicted octanol–water partition coefficient (Wildman–Crippen LogP) is 2.75. The highest BCUT2D eigenvalue weighted by Gasteiger charge is 2.15. The van der Waals surface area contributed by atoms with Crippen molar-refractivity contribution in [2.75, 3.05) is 6.61 Å².